The molecule has 0 aromatic rings. The third-order valence-corrected chi connectivity index (χ3v) is 9.93. The number of hydrogen-bond donors (Lipinski definition) is 0. The Morgan fingerprint density at radius 3 is 1.06 bits per heavy atom. The van der Waals surface area contributed by atoms with Gasteiger partial charge in [0.15, 0.2) is 0 Å². The van der Waals surface area contributed by atoms with E-state index in [0.717, 1.165) is 44.0 Å². The molecule has 4 rings (SSSR count). The monoisotopic (exact) mass is 526 g/mol. The van der Waals surface area contributed by atoms with Gasteiger partial charge in [-0.1, -0.05) is 47.0 Å². The van der Waals surface area contributed by atoms with Gasteiger partial charge in [-0.05, 0) is 98.7 Å². The van der Waals surface area contributed by atoms with Crippen molar-refractivity contribution >= 4 is 59.6 Å². The van der Waals surface area contributed by atoms with Crippen LogP contribution in [0.1, 0.15) is 27.7 Å². The van der Waals surface area contributed by atoms with Crippen molar-refractivity contribution in [1.29, 1.82) is 0 Å². The Morgan fingerprint density at radius 1 is 0.581 bits per heavy atom. The molecule has 2 aliphatic carbocycles. The predicted molar refractivity (Wildman–Crippen MR) is 134 cm³/mol. The standard InChI is InChI=1S/2C12H11OS2.Fe/c2*1-8-9(2)15-12(14-8)11(7-13)10-5-3-4-6-10;/h2*3-7H,1-2H3;/q;;+2. The third-order valence-electron chi connectivity index (χ3n) is 4.60. The number of thioether (sulfide) groups is 4. The van der Waals surface area contributed by atoms with Crippen LogP contribution in [0.3, 0.4) is 0 Å². The van der Waals surface area contributed by atoms with Crippen LogP contribution in [0, 0.1) is 63.2 Å². The van der Waals surface area contributed by atoms with Crippen LogP contribution >= 0.6 is 47.0 Å². The fourth-order valence-electron chi connectivity index (χ4n) is 2.68. The zero-order valence-electron chi connectivity index (χ0n) is 17.6. The molecule has 0 bridgehead atoms. The number of allylic oxidation sites excluding steroid dienone is 6. The maximum absolute atomic E-state index is 11.1. The van der Waals surface area contributed by atoms with Crippen molar-refractivity contribution in [2.24, 2.45) is 0 Å². The Hall–Kier alpha value is 0.219. The summed E-state index contributed by atoms with van der Waals surface area (Å²) >= 11 is 6.78. The van der Waals surface area contributed by atoms with E-state index in [2.05, 4.69) is 27.7 Å². The van der Waals surface area contributed by atoms with Crippen LogP contribution in [0.2, 0.25) is 0 Å². The molecule has 0 aromatic carbocycles. The molecular formula is C24H22FeO2S4+2. The fraction of sp³-hybridized carbons (Fsp3) is 0.167. The molecule has 0 amide bonds. The molecule has 2 heterocycles. The van der Waals surface area contributed by atoms with Crippen molar-refractivity contribution in [3.63, 3.8) is 0 Å². The molecule has 2 saturated carbocycles. The molecule has 31 heavy (non-hydrogen) atoms. The van der Waals surface area contributed by atoms with Crippen molar-refractivity contribution < 1.29 is 26.7 Å². The molecule has 2 nitrogen and oxygen atoms in total. The first-order valence-electron chi connectivity index (χ1n) is 9.34. The van der Waals surface area contributed by atoms with Gasteiger partial charge >= 0.3 is 17.1 Å². The van der Waals surface area contributed by atoms with E-state index in [1.807, 2.05) is 51.4 Å². The van der Waals surface area contributed by atoms with Crippen LogP contribution in [0.5, 0.6) is 0 Å². The first-order chi connectivity index (χ1) is 14.4. The van der Waals surface area contributed by atoms with Crippen molar-refractivity contribution in [1.82, 2.24) is 0 Å². The van der Waals surface area contributed by atoms with Gasteiger partial charge in [0.25, 0.3) is 0 Å². The summed E-state index contributed by atoms with van der Waals surface area (Å²) in [6, 6.07) is 0. The summed E-state index contributed by atoms with van der Waals surface area (Å²) in [5.41, 5.74) is 1.62. The Bertz CT molecular complexity index is 713. The van der Waals surface area contributed by atoms with E-state index in [1.165, 1.54) is 19.6 Å². The molecule has 0 spiro atoms. The molecular weight excluding hydrogens is 504 g/mol. The summed E-state index contributed by atoms with van der Waals surface area (Å²) in [5, 5.41) is 0. The first-order valence-corrected chi connectivity index (χ1v) is 12.6. The summed E-state index contributed by atoms with van der Waals surface area (Å²) in [5.74, 6) is 2.03. The Morgan fingerprint density at radius 2 is 0.839 bits per heavy atom. The second-order valence-electron chi connectivity index (χ2n) is 6.62. The Kier molecular flexibility index (Phi) is 11.7. The van der Waals surface area contributed by atoms with E-state index in [9.17, 15) is 9.59 Å². The van der Waals surface area contributed by atoms with Crippen LogP contribution in [-0.2, 0) is 26.7 Å². The molecule has 160 valence electrons. The zero-order valence-corrected chi connectivity index (χ0v) is 21.9. The van der Waals surface area contributed by atoms with E-state index in [-0.39, 0.29) is 17.1 Å². The van der Waals surface area contributed by atoms with E-state index in [1.54, 1.807) is 47.0 Å². The van der Waals surface area contributed by atoms with E-state index >= 15 is 0 Å². The number of rotatable bonds is 4. The van der Waals surface area contributed by atoms with Crippen LogP contribution in [0.25, 0.3) is 0 Å². The molecule has 0 N–H and O–H groups in total. The smallest absolute Gasteiger partial charge is 0.298 e. The minimum Gasteiger partial charge on any atom is -0.298 e. The van der Waals surface area contributed by atoms with Crippen molar-refractivity contribution in [2.45, 2.75) is 27.7 Å². The van der Waals surface area contributed by atoms with E-state index < -0.39 is 0 Å². The largest absolute Gasteiger partial charge is 2.00 e. The fourth-order valence-corrected chi connectivity index (χ4v) is 7.80. The topological polar surface area (TPSA) is 34.1 Å². The minimum absolute atomic E-state index is 0. The Balaban J connectivity index is 0.000000213. The number of aldehydes is 2. The molecule has 10 radical (unpaired) electrons. The second kappa shape index (κ2) is 13.2. The minimum atomic E-state index is 0. The van der Waals surface area contributed by atoms with Crippen LogP contribution < -0.4 is 0 Å². The summed E-state index contributed by atoms with van der Waals surface area (Å²) in [4.78, 5) is 27.4. The molecule has 0 saturated heterocycles. The van der Waals surface area contributed by atoms with Gasteiger partial charge in [0.05, 0.1) is 8.47 Å². The molecule has 2 aliphatic heterocycles. The maximum Gasteiger partial charge on any atom is 2.00 e. The summed E-state index contributed by atoms with van der Waals surface area (Å²) < 4.78 is 2.21. The van der Waals surface area contributed by atoms with Crippen molar-refractivity contribution in [3.05, 3.63) is 102 Å². The van der Waals surface area contributed by atoms with Crippen LogP contribution in [-0.4, -0.2) is 12.6 Å². The molecule has 4 aliphatic rings. The van der Waals surface area contributed by atoms with Crippen LogP contribution in [0.4, 0.5) is 0 Å². The normalized spacial score (nSPS) is 21.9. The van der Waals surface area contributed by atoms with Gasteiger partial charge in [0, 0.05) is 23.0 Å². The Labute approximate surface area is 215 Å². The molecule has 0 atom stereocenters. The number of hydrogen-bond acceptors (Lipinski definition) is 6. The van der Waals surface area contributed by atoms with Gasteiger partial charge in [-0.15, -0.1) is 0 Å². The SMILES string of the molecule is CC1=C(C)SC(=C(C=O)[C]2[CH][CH][CH][CH]2)S1.CC1=C(C)SC(=C(C=O)[C]2[CH][CH][CH][CH]2)S1.[Fe+2]. The van der Waals surface area contributed by atoms with Crippen LogP contribution in [0.15, 0.2) is 39.2 Å². The number of carbonyl (C=O) groups is 2. The average Bonchev–Trinajstić information content (AvgIpc) is 3.51. The molecule has 0 aromatic heterocycles. The van der Waals surface area contributed by atoms with Gasteiger partial charge < -0.3 is 0 Å². The quantitative estimate of drug-likeness (QED) is 0.222. The summed E-state index contributed by atoms with van der Waals surface area (Å²) in [6.45, 7) is 8.36. The summed E-state index contributed by atoms with van der Waals surface area (Å²) in [7, 11) is 0. The molecule has 2 fully saturated rings. The van der Waals surface area contributed by atoms with E-state index in [0.29, 0.717) is 0 Å². The van der Waals surface area contributed by atoms with Crippen molar-refractivity contribution in [3.8, 4) is 0 Å². The summed E-state index contributed by atoms with van der Waals surface area (Å²) in [6.07, 6.45) is 17.6. The third kappa shape index (κ3) is 7.10. The van der Waals surface area contributed by atoms with Gasteiger partial charge in [-0.25, -0.2) is 0 Å². The van der Waals surface area contributed by atoms with E-state index in [4.69, 9.17) is 0 Å². The van der Waals surface area contributed by atoms with Crippen molar-refractivity contribution in [2.75, 3.05) is 0 Å². The maximum atomic E-state index is 11.1. The van der Waals surface area contributed by atoms with Gasteiger partial charge in [-0.2, -0.15) is 0 Å². The molecule has 7 heteroatoms. The second-order valence-corrected chi connectivity index (χ2v) is 12.0. The average molecular weight is 527 g/mol. The van der Waals surface area contributed by atoms with Gasteiger partial charge in [0.2, 0.25) is 0 Å². The van der Waals surface area contributed by atoms with Gasteiger partial charge in [0.1, 0.15) is 12.6 Å². The molecule has 0 unspecified atom stereocenters. The first kappa shape index (κ1) is 27.5. The predicted octanol–water partition coefficient (Wildman–Crippen LogP) is 7.06. The van der Waals surface area contributed by atoms with Gasteiger partial charge in [-0.3, -0.25) is 9.59 Å². The zero-order chi connectivity index (χ0) is 21.7. The number of carbonyl (C=O) groups excluding carboxylic acids is 2.